The van der Waals surface area contributed by atoms with Crippen molar-refractivity contribution in [2.75, 3.05) is 13.2 Å². The zero-order valence-electron chi connectivity index (χ0n) is 14.9. The van der Waals surface area contributed by atoms with Crippen LogP contribution in [0.2, 0.25) is 0 Å². The third kappa shape index (κ3) is 5.30. The molecule has 0 saturated carbocycles. The number of ether oxygens (including phenoxy) is 1. The van der Waals surface area contributed by atoms with E-state index in [9.17, 15) is 4.79 Å². The molecule has 0 saturated heterocycles. The van der Waals surface area contributed by atoms with Crippen LogP contribution in [0.3, 0.4) is 0 Å². The van der Waals surface area contributed by atoms with E-state index in [1.54, 1.807) is 0 Å². The summed E-state index contributed by atoms with van der Waals surface area (Å²) in [5, 5.41) is 5.66. The molecule has 4 nitrogen and oxygen atoms in total. The summed E-state index contributed by atoms with van der Waals surface area (Å²) in [5.74, 6) is 0.905. The largest absolute Gasteiger partial charge is 0.491 e. The molecular formula is C20H26N2O2. The molecule has 0 aliphatic carbocycles. The maximum atomic E-state index is 11.8. The highest BCUT2D eigenvalue weighted by atomic mass is 16.5. The lowest BCUT2D eigenvalue weighted by Gasteiger charge is -2.14. The predicted molar refractivity (Wildman–Crippen MR) is 97.6 cm³/mol. The molecule has 0 heterocycles. The SMILES string of the molecule is Cc1cccc(CNC(=O)NCCOc2c(C)cc(C)cc2C)c1. The quantitative estimate of drug-likeness (QED) is 0.793. The van der Waals surface area contributed by atoms with Crippen LogP contribution in [-0.2, 0) is 6.54 Å². The van der Waals surface area contributed by atoms with Crippen LogP contribution in [0.25, 0.3) is 0 Å². The van der Waals surface area contributed by atoms with Gasteiger partial charge in [-0.05, 0) is 44.4 Å². The van der Waals surface area contributed by atoms with E-state index in [1.807, 2.05) is 39.0 Å². The molecule has 0 bridgehead atoms. The number of nitrogens with one attached hydrogen (secondary N) is 2. The average Bonchev–Trinajstić information content (AvgIpc) is 2.51. The Labute approximate surface area is 144 Å². The van der Waals surface area contributed by atoms with Crippen LogP contribution in [0.15, 0.2) is 36.4 Å². The van der Waals surface area contributed by atoms with Crippen LogP contribution in [0.5, 0.6) is 5.75 Å². The van der Waals surface area contributed by atoms with Crippen molar-refractivity contribution >= 4 is 6.03 Å². The van der Waals surface area contributed by atoms with E-state index in [0.29, 0.717) is 19.7 Å². The average molecular weight is 326 g/mol. The molecule has 24 heavy (non-hydrogen) atoms. The number of carbonyl (C=O) groups is 1. The molecule has 0 spiro atoms. The molecule has 2 amide bonds. The van der Waals surface area contributed by atoms with Gasteiger partial charge in [-0.3, -0.25) is 0 Å². The highest BCUT2D eigenvalue weighted by Crippen LogP contribution is 2.24. The smallest absolute Gasteiger partial charge is 0.315 e. The highest BCUT2D eigenvalue weighted by molar-refractivity contribution is 5.73. The number of rotatable bonds is 6. The fraction of sp³-hybridized carbons (Fsp3) is 0.350. The molecule has 2 aromatic rings. The first-order valence-electron chi connectivity index (χ1n) is 8.23. The molecule has 4 heteroatoms. The van der Waals surface area contributed by atoms with Gasteiger partial charge in [0.25, 0.3) is 0 Å². The Hall–Kier alpha value is -2.49. The van der Waals surface area contributed by atoms with Crippen molar-refractivity contribution in [3.8, 4) is 5.75 Å². The van der Waals surface area contributed by atoms with Gasteiger partial charge in [-0.25, -0.2) is 4.79 Å². The van der Waals surface area contributed by atoms with Crippen LogP contribution in [0, 0.1) is 27.7 Å². The molecule has 0 fully saturated rings. The first-order chi connectivity index (χ1) is 11.5. The van der Waals surface area contributed by atoms with E-state index in [-0.39, 0.29) is 6.03 Å². The first-order valence-corrected chi connectivity index (χ1v) is 8.23. The lowest BCUT2D eigenvalue weighted by molar-refractivity contribution is 0.236. The predicted octanol–water partition coefficient (Wildman–Crippen LogP) is 3.80. The molecule has 2 aromatic carbocycles. The zero-order chi connectivity index (χ0) is 17.5. The van der Waals surface area contributed by atoms with E-state index >= 15 is 0 Å². The molecule has 2 N–H and O–H groups in total. The number of amides is 2. The van der Waals surface area contributed by atoms with Gasteiger partial charge in [-0.2, -0.15) is 0 Å². The summed E-state index contributed by atoms with van der Waals surface area (Å²) in [6, 6.07) is 12.1. The van der Waals surface area contributed by atoms with Crippen molar-refractivity contribution in [1.82, 2.24) is 10.6 Å². The fourth-order valence-corrected chi connectivity index (χ4v) is 2.78. The normalized spacial score (nSPS) is 10.3. The van der Waals surface area contributed by atoms with Crippen molar-refractivity contribution in [3.05, 3.63) is 64.2 Å². The van der Waals surface area contributed by atoms with Crippen LogP contribution in [0.1, 0.15) is 27.8 Å². The van der Waals surface area contributed by atoms with Crippen LogP contribution < -0.4 is 15.4 Å². The summed E-state index contributed by atoms with van der Waals surface area (Å²) in [6.07, 6.45) is 0. The number of hydrogen-bond acceptors (Lipinski definition) is 2. The van der Waals surface area contributed by atoms with Crippen LogP contribution in [0.4, 0.5) is 4.79 Å². The van der Waals surface area contributed by atoms with E-state index in [4.69, 9.17) is 4.74 Å². The van der Waals surface area contributed by atoms with E-state index < -0.39 is 0 Å². The van der Waals surface area contributed by atoms with Gasteiger partial charge in [0.1, 0.15) is 12.4 Å². The molecule has 0 unspecified atom stereocenters. The maximum Gasteiger partial charge on any atom is 0.315 e. The van der Waals surface area contributed by atoms with E-state index in [2.05, 4.69) is 35.8 Å². The summed E-state index contributed by atoms with van der Waals surface area (Å²) in [4.78, 5) is 11.8. The Morgan fingerprint density at radius 3 is 2.33 bits per heavy atom. The second-order valence-electron chi connectivity index (χ2n) is 6.17. The first kappa shape index (κ1) is 17.9. The Kier molecular flexibility index (Phi) is 6.24. The Bertz CT molecular complexity index is 688. The van der Waals surface area contributed by atoms with Crippen molar-refractivity contribution in [2.24, 2.45) is 0 Å². The fourth-order valence-electron chi connectivity index (χ4n) is 2.78. The van der Waals surface area contributed by atoms with Crippen molar-refractivity contribution in [3.63, 3.8) is 0 Å². The standard InChI is InChI=1S/C20H26N2O2/c1-14-6-5-7-18(12-14)13-22-20(23)21-8-9-24-19-16(3)10-15(2)11-17(19)4/h5-7,10-12H,8-9,13H2,1-4H3,(H2,21,22,23). The van der Waals surface area contributed by atoms with Gasteiger partial charge >= 0.3 is 6.03 Å². The molecule has 0 aromatic heterocycles. The van der Waals surface area contributed by atoms with Gasteiger partial charge in [-0.1, -0.05) is 47.5 Å². The summed E-state index contributed by atoms with van der Waals surface area (Å²) < 4.78 is 5.81. The van der Waals surface area contributed by atoms with Gasteiger partial charge in [0.2, 0.25) is 0 Å². The van der Waals surface area contributed by atoms with Crippen molar-refractivity contribution < 1.29 is 9.53 Å². The molecule has 2 rings (SSSR count). The minimum absolute atomic E-state index is 0.183. The van der Waals surface area contributed by atoms with Gasteiger partial charge in [0, 0.05) is 6.54 Å². The molecular weight excluding hydrogens is 300 g/mol. The number of urea groups is 1. The molecule has 0 radical (unpaired) electrons. The second kappa shape index (κ2) is 8.39. The minimum atomic E-state index is -0.183. The molecule has 0 atom stereocenters. The van der Waals surface area contributed by atoms with Gasteiger partial charge in [0.15, 0.2) is 0 Å². The van der Waals surface area contributed by atoms with Gasteiger partial charge in [0.05, 0.1) is 6.54 Å². The number of aryl methyl sites for hydroxylation is 4. The summed E-state index contributed by atoms with van der Waals surface area (Å²) in [7, 11) is 0. The number of carbonyl (C=O) groups excluding carboxylic acids is 1. The van der Waals surface area contributed by atoms with Gasteiger partial charge in [-0.15, -0.1) is 0 Å². The Morgan fingerprint density at radius 1 is 0.958 bits per heavy atom. The number of benzene rings is 2. The third-order valence-corrected chi connectivity index (χ3v) is 3.77. The lowest BCUT2D eigenvalue weighted by Crippen LogP contribution is -2.37. The van der Waals surface area contributed by atoms with E-state index in [1.165, 1.54) is 11.1 Å². The van der Waals surface area contributed by atoms with Crippen molar-refractivity contribution in [1.29, 1.82) is 0 Å². The summed E-state index contributed by atoms with van der Waals surface area (Å²) in [6.45, 7) is 9.62. The Balaban J connectivity index is 1.71. The Morgan fingerprint density at radius 2 is 1.67 bits per heavy atom. The minimum Gasteiger partial charge on any atom is -0.491 e. The summed E-state index contributed by atoms with van der Waals surface area (Å²) in [5.41, 5.74) is 5.75. The monoisotopic (exact) mass is 326 g/mol. The third-order valence-electron chi connectivity index (χ3n) is 3.77. The molecule has 0 aliphatic heterocycles. The second-order valence-corrected chi connectivity index (χ2v) is 6.17. The molecule has 0 aliphatic rings. The maximum absolute atomic E-state index is 11.8. The zero-order valence-corrected chi connectivity index (χ0v) is 14.9. The summed E-state index contributed by atoms with van der Waals surface area (Å²) >= 11 is 0. The van der Waals surface area contributed by atoms with Crippen molar-refractivity contribution in [2.45, 2.75) is 34.2 Å². The number of hydrogen-bond donors (Lipinski definition) is 2. The van der Waals surface area contributed by atoms with Gasteiger partial charge < -0.3 is 15.4 Å². The topological polar surface area (TPSA) is 50.4 Å². The van der Waals surface area contributed by atoms with E-state index in [0.717, 1.165) is 22.4 Å². The van der Waals surface area contributed by atoms with Crippen LogP contribution in [-0.4, -0.2) is 19.2 Å². The highest BCUT2D eigenvalue weighted by Gasteiger charge is 2.05. The molecule has 128 valence electrons. The van der Waals surface area contributed by atoms with Crippen LogP contribution >= 0.6 is 0 Å². The lowest BCUT2D eigenvalue weighted by atomic mass is 10.1.